The Bertz CT molecular complexity index is 839. The fourth-order valence-corrected chi connectivity index (χ4v) is 4.38. The Labute approximate surface area is 184 Å². The Balaban J connectivity index is 1.66. The highest BCUT2D eigenvalue weighted by molar-refractivity contribution is 7.81. The third kappa shape index (κ3) is 5.94. The van der Waals surface area contributed by atoms with Crippen molar-refractivity contribution in [2.75, 3.05) is 18.5 Å². The number of anilines is 1. The quantitative estimate of drug-likeness (QED) is 0.497. The molecule has 1 fully saturated rings. The summed E-state index contributed by atoms with van der Waals surface area (Å²) in [5.74, 6) is 0.883. The second-order valence-corrected chi connectivity index (χ2v) is 8.50. The van der Waals surface area contributed by atoms with Crippen molar-refractivity contribution >= 4 is 34.5 Å². The zero-order valence-electron chi connectivity index (χ0n) is 17.5. The van der Waals surface area contributed by atoms with Gasteiger partial charge in [-0.2, -0.15) is 0 Å². The molecule has 0 bridgehead atoms. The molecule has 1 N–H and O–H groups in total. The third-order valence-corrected chi connectivity index (χ3v) is 6.04. The molecule has 1 aliphatic heterocycles. The van der Waals surface area contributed by atoms with E-state index in [4.69, 9.17) is 33.3 Å². The number of nitrogens with one attached hydrogen (secondary N) is 1. The van der Waals surface area contributed by atoms with Gasteiger partial charge in [0.2, 0.25) is 0 Å². The van der Waals surface area contributed by atoms with Gasteiger partial charge in [-0.25, -0.2) is 0 Å². The lowest BCUT2D eigenvalue weighted by atomic mass is 10.0. The van der Waals surface area contributed by atoms with Crippen LogP contribution < -0.4 is 10.1 Å². The van der Waals surface area contributed by atoms with E-state index in [-0.39, 0.29) is 0 Å². The molecule has 0 radical (unpaired) electrons. The molecular formula is C24H30ClNO2S. The summed E-state index contributed by atoms with van der Waals surface area (Å²) in [6, 6.07) is 10.1. The Morgan fingerprint density at radius 2 is 1.97 bits per heavy atom. The average Bonchev–Trinajstić information content (AvgIpc) is 2.70. The smallest absolute Gasteiger partial charge is 0.119 e. The molecule has 0 aliphatic carbocycles. The molecule has 0 aromatic heterocycles. The number of thiocarbonyl (C=S) groups is 1. The summed E-state index contributed by atoms with van der Waals surface area (Å²) in [6.45, 7) is 7.81. The van der Waals surface area contributed by atoms with Gasteiger partial charge in [-0.15, -0.1) is 0 Å². The zero-order chi connectivity index (χ0) is 20.8. The molecule has 1 heterocycles. The Morgan fingerprint density at radius 1 is 1.21 bits per heavy atom. The van der Waals surface area contributed by atoms with Gasteiger partial charge in [-0.05, 0) is 80.5 Å². The molecule has 1 atom stereocenters. The van der Waals surface area contributed by atoms with E-state index in [1.165, 1.54) is 18.4 Å². The fourth-order valence-electron chi connectivity index (χ4n) is 3.78. The fraction of sp³-hybridized carbons (Fsp3) is 0.458. The zero-order valence-corrected chi connectivity index (χ0v) is 19.1. The van der Waals surface area contributed by atoms with Crippen LogP contribution in [-0.2, 0) is 11.2 Å². The minimum absolute atomic E-state index is 0.339. The SMILES string of the molecule is CCc1ccc(Cl)c(NC(=S)c2c(C)cc(OCC[C@H]3CCCCO3)cc2C)c1. The molecule has 2 aromatic carbocycles. The topological polar surface area (TPSA) is 30.5 Å². The standard InChI is InChI=1S/C24H30ClNO2S/c1-4-18-8-9-21(25)22(15-18)26-24(29)23-16(2)13-20(14-17(23)3)28-12-10-19-7-5-6-11-27-19/h8-9,13-15,19H,4-7,10-12H2,1-3H3,(H,26,29)/t19-/m1/s1. The van der Waals surface area contributed by atoms with Crippen LogP contribution in [0.5, 0.6) is 5.75 Å². The summed E-state index contributed by atoms with van der Waals surface area (Å²) in [5, 5.41) is 4.00. The van der Waals surface area contributed by atoms with E-state index in [1.54, 1.807) is 0 Å². The van der Waals surface area contributed by atoms with E-state index < -0.39 is 0 Å². The largest absolute Gasteiger partial charge is 0.493 e. The summed E-state index contributed by atoms with van der Waals surface area (Å²) < 4.78 is 11.8. The van der Waals surface area contributed by atoms with Gasteiger partial charge in [0.15, 0.2) is 0 Å². The monoisotopic (exact) mass is 431 g/mol. The van der Waals surface area contributed by atoms with Crippen LogP contribution in [0.2, 0.25) is 5.02 Å². The normalized spacial score (nSPS) is 16.5. The molecule has 2 aromatic rings. The van der Waals surface area contributed by atoms with E-state index in [9.17, 15) is 0 Å². The molecule has 0 amide bonds. The van der Waals surface area contributed by atoms with Crippen molar-refractivity contribution in [3.8, 4) is 5.75 Å². The summed E-state index contributed by atoms with van der Waals surface area (Å²) in [7, 11) is 0. The summed E-state index contributed by atoms with van der Waals surface area (Å²) in [4.78, 5) is 0.678. The van der Waals surface area contributed by atoms with E-state index >= 15 is 0 Å². The predicted octanol–water partition coefficient (Wildman–Crippen LogP) is 6.64. The highest BCUT2D eigenvalue weighted by Crippen LogP contribution is 2.27. The number of halogens is 1. The first-order valence-corrected chi connectivity index (χ1v) is 11.2. The Morgan fingerprint density at radius 3 is 2.62 bits per heavy atom. The molecule has 0 saturated carbocycles. The maximum atomic E-state index is 6.36. The van der Waals surface area contributed by atoms with Crippen molar-refractivity contribution in [2.45, 2.75) is 59.0 Å². The lowest BCUT2D eigenvalue weighted by molar-refractivity contribution is 0.00404. The maximum Gasteiger partial charge on any atom is 0.119 e. The Hall–Kier alpha value is -1.62. The van der Waals surface area contributed by atoms with Gasteiger partial charge in [0, 0.05) is 18.6 Å². The van der Waals surface area contributed by atoms with Crippen molar-refractivity contribution in [3.63, 3.8) is 0 Å². The van der Waals surface area contributed by atoms with E-state index in [1.807, 2.05) is 12.1 Å². The highest BCUT2D eigenvalue weighted by Gasteiger charge is 2.15. The van der Waals surface area contributed by atoms with Gasteiger partial charge in [-0.3, -0.25) is 0 Å². The number of benzene rings is 2. The molecular weight excluding hydrogens is 402 g/mol. The highest BCUT2D eigenvalue weighted by atomic mass is 35.5. The van der Waals surface area contributed by atoms with Crippen LogP contribution in [0.3, 0.4) is 0 Å². The van der Waals surface area contributed by atoms with Gasteiger partial charge in [0.25, 0.3) is 0 Å². The van der Waals surface area contributed by atoms with Crippen molar-refractivity contribution in [1.82, 2.24) is 0 Å². The van der Waals surface area contributed by atoms with Crippen molar-refractivity contribution < 1.29 is 9.47 Å². The van der Waals surface area contributed by atoms with Crippen molar-refractivity contribution in [3.05, 3.63) is 57.6 Å². The van der Waals surface area contributed by atoms with Gasteiger partial charge in [0.1, 0.15) is 10.7 Å². The molecule has 5 heteroatoms. The van der Waals surface area contributed by atoms with Gasteiger partial charge in [0.05, 0.1) is 23.4 Å². The predicted molar refractivity (Wildman–Crippen MR) is 126 cm³/mol. The van der Waals surface area contributed by atoms with Crippen molar-refractivity contribution in [2.24, 2.45) is 0 Å². The van der Waals surface area contributed by atoms with Crippen LogP contribution in [0, 0.1) is 13.8 Å². The van der Waals surface area contributed by atoms with Crippen LogP contribution in [0.4, 0.5) is 5.69 Å². The lowest BCUT2D eigenvalue weighted by Gasteiger charge is -2.22. The van der Waals surface area contributed by atoms with Crippen LogP contribution in [0.15, 0.2) is 30.3 Å². The first-order valence-electron chi connectivity index (χ1n) is 10.4. The van der Waals surface area contributed by atoms with Gasteiger partial charge >= 0.3 is 0 Å². The molecule has 1 saturated heterocycles. The molecule has 0 spiro atoms. The Kier molecular flexibility index (Phi) is 7.93. The van der Waals surface area contributed by atoms with Crippen molar-refractivity contribution in [1.29, 1.82) is 0 Å². The third-order valence-electron chi connectivity index (χ3n) is 5.40. The molecule has 3 rings (SSSR count). The lowest BCUT2D eigenvalue weighted by Crippen LogP contribution is -2.21. The first kappa shape index (κ1) is 22.1. The molecule has 3 nitrogen and oxygen atoms in total. The number of aryl methyl sites for hydroxylation is 3. The minimum atomic E-state index is 0.339. The minimum Gasteiger partial charge on any atom is -0.493 e. The van der Waals surface area contributed by atoms with E-state index in [0.717, 1.165) is 54.0 Å². The van der Waals surface area contributed by atoms with Crippen LogP contribution in [0.1, 0.15) is 54.9 Å². The van der Waals surface area contributed by atoms with Crippen LogP contribution in [0.25, 0.3) is 0 Å². The summed E-state index contributed by atoms with van der Waals surface area (Å²) in [5.41, 5.74) is 5.28. The summed E-state index contributed by atoms with van der Waals surface area (Å²) >= 11 is 12.1. The van der Waals surface area contributed by atoms with Gasteiger partial charge < -0.3 is 14.8 Å². The van der Waals surface area contributed by atoms with Crippen LogP contribution >= 0.6 is 23.8 Å². The number of rotatable bonds is 7. The summed E-state index contributed by atoms with van der Waals surface area (Å²) in [6.07, 6.45) is 5.81. The average molecular weight is 432 g/mol. The van der Waals surface area contributed by atoms with Gasteiger partial charge in [-0.1, -0.05) is 36.8 Å². The second-order valence-electron chi connectivity index (χ2n) is 7.68. The molecule has 29 heavy (non-hydrogen) atoms. The number of hydrogen-bond acceptors (Lipinski definition) is 3. The molecule has 156 valence electrons. The number of ether oxygens (including phenoxy) is 2. The molecule has 1 aliphatic rings. The van der Waals surface area contributed by atoms with E-state index in [2.05, 4.69) is 44.3 Å². The maximum absolute atomic E-state index is 6.36. The first-order chi connectivity index (χ1) is 14.0. The van der Waals surface area contributed by atoms with Crippen LogP contribution in [-0.4, -0.2) is 24.3 Å². The second kappa shape index (κ2) is 10.4. The molecule has 0 unspecified atom stereocenters. The number of hydrogen-bond donors (Lipinski definition) is 1. The van der Waals surface area contributed by atoms with E-state index in [0.29, 0.717) is 22.7 Å².